The van der Waals surface area contributed by atoms with Gasteiger partial charge in [-0.1, -0.05) is 54.6 Å². The first kappa shape index (κ1) is 18.5. The van der Waals surface area contributed by atoms with Crippen molar-refractivity contribution in [3.8, 4) is 11.5 Å². The van der Waals surface area contributed by atoms with E-state index in [1.165, 1.54) is 0 Å². The van der Waals surface area contributed by atoms with Crippen LogP contribution >= 0.6 is 0 Å². The molecule has 0 heterocycles. The highest BCUT2D eigenvalue weighted by Crippen LogP contribution is 2.25. The van der Waals surface area contributed by atoms with Gasteiger partial charge in [-0.05, 0) is 56.2 Å². The van der Waals surface area contributed by atoms with E-state index in [-0.39, 0.29) is 0 Å². The third-order valence-electron chi connectivity index (χ3n) is 4.05. The predicted octanol–water partition coefficient (Wildman–Crippen LogP) is 6.40. The highest BCUT2D eigenvalue weighted by Gasteiger charge is 2.11. The van der Waals surface area contributed by atoms with Crippen LogP contribution in [0.25, 0.3) is 0 Å². The molecule has 0 aliphatic rings. The summed E-state index contributed by atoms with van der Waals surface area (Å²) in [5.74, 6) is 2.09. The smallest absolute Gasteiger partial charge is 0.225 e. The third-order valence-corrected chi connectivity index (χ3v) is 4.05. The van der Waals surface area contributed by atoms with E-state index in [0.717, 1.165) is 33.9 Å². The average molecular weight is 357 g/mol. The molecule has 0 amide bonds. The molecule has 3 aromatic carbocycles. The molecular formula is C24H23NO2. The van der Waals surface area contributed by atoms with Crippen LogP contribution in [0.4, 0.5) is 5.69 Å². The number of benzene rings is 3. The number of para-hydroxylation sites is 3. The Balaban J connectivity index is 1.93. The Morgan fingerprint density at radius 3 is 2.00 bits per heavy atom. The van der Waals surface area contributed by atoms with E-state index >= 15 is 0 Å². The maximum atomic E-state index is 6.23. The Bertz CT molecular complexity index is 924. The minimum Gasteiger partial charge on any atom is -0.465 e. The van der Waals surface area contributed by atoms with E-state index in [4.69, 9.17) is 14.5 Å². The van der Waals surface area contributed by atoms with Gasteiger partial charge >= 0.3 is 0 Å². The lowest BCUT2D eigenvalue weighted by Gasteiger charge is -2.14. The van der Waals surface area contributed by atoms with Gasteiger partial charge < -0.3 is 9.47 Å². The molecule has 0 fully saturated rings. The topological polar surface area (TPSA) is 30.8 Å². The van der Waals surface area contributed by atoms with E-state index in [2.05, 4.69) is 0 Å². The highest BCUT2D eigenvalue weighted by atomic mass is 16.5. The molecule has 0 atom stereocenters. The van der Waals surface area contributed by atoms with Crippen molar-refractivity contribution < 1.29 is 9.47 Å². The molecule has 27 heavy (non-hydrogen) atoms. The average Bonchev–Trinajstić information content (AvgIpc) is 2.70. The van der Waals surface area contributed by atoms with Gasteiger partial charge in [0, 0.05) is 5.57 Å². The van der Waals surface area contributed by atoms with Gasteiger partial charge in [-0.15, -0.1) is 0 Å². The number of rotatable bonds is 5. The number of ether oxygens (including phenoxy) is 2. The zero-order valence-electron chi connectivity index (χ0n) is 15.8. The molecular weight excluding hydrogens is 334 g/mol. The summed E-state index contributed by atoms with van der Waals surface area (Å²) in [6.07, 6.45) is 1.67. The van der Waals surface area contributed by atoms with Crippen LogP contribution in [-0.4, -0.2) is 5.90 Å². The van der Waals surface area contributed by atoms with Crippen LogP contribution in [0.5, 0.6) is 11.5 Å². The van der Waals surface area contributed by atoms with Gasteiger partial charge in [0.25, 0.3) is 0 Å². The van der Waals surface area contributed by atoms with Crippen LogP contribution in [0, 0.1) is 13.8 Å². The maximum Gasteiger partial charge on any atom is 0.225 e. The van der Waals surface area contributed by atoms with Crippen LogP contribution in [-0.2, 0) is 0 Å². The zero-order chi connectivity index (χ0) is 19.1. The van der Waals surface area contributed by atoms with Crippen molar-refractivity contribution in [3.05, 3.63) is 102 Å². The Hall–Kier alpha value is -3.33. The van der Waals surface area contributed by atoms with E-state index in [1.54, 1.807) is 6.26 Å². The molecule has 3 heteroatoms. The Morgan fingerprint density at radius 2 is 1.37 bits per heavy atom. The van der Waals surface area contributed by atoms with Gasteiger partial charge in [-0.2, -0.15) is 0 Å². The molecule has 0 saturated heterocycles. The first-order valence-corrected chi connectivity index (χ1v) is 8.90. The molecule has 136 valence electrons. The van der Waals surface area contributed by atoms with Crippen LogP contribution < -0.4 is 9.47 Å². The standard InChI is InChI=1S/C24H23NO2/c1-18-11-10-12-19(2)23(18)27-24(25-21-13-6-4-7-14-21)20(3)17-26-22-15-8-5-9-16-22/h4-17H,1-3H3/b20-17+,25-24+. The van der Waals surface area contributed by atoms with Gasteiger partial charge in [0.05, 0.1) is 11.9 Å². The minimum absolute atomic E-state index is 0.509. The molecule has 0 aliphatic heterocycles. The van der Waals surface area contributed by atoms with Crippen LogP contribution in [0.3, 0.4) is 0 Å². The largest absolute Gasteiger partial charge is 0.465 e. The Kier molecular flexibility index (Phi) is 6.06. The zero-order valence-corrected chi connectivity index (χ0v) is 15.8. The Morgan fingerprint density at radius 1 is 0.778 bits per heavy atom. The van der Waals surface area contributed by atoms with E-state index < -0.39 is 0 Å². The summed E-state index contributed by atoms with van der Waals surface area (Å²) in [5.41, 5.74) is 3.75. The predicted molar refractivity (Wildman–Crippen MR) is 111 cm³/mol. The molecule has 0 N–H and O–H groups in total. The first-order chi connectivity index (χ1) is 13.1. The fourth-order valence-electron chi connectivity index (χ4n) is 2.57. The van der Waals surface area contributed by atoms with Crippen molar-refractivity contribution >= 4 is 11.6 Å². The van der Waals surface area contributed by atoms with Gasteiger partial charge in [-0.3, -0.25) is 0 Å². The molecule has 3 aromatic rings. The van der Waals surface area contributed by atoms with Gasteiger partial charge in [0.15, 0.2) is 0 Å². The molecule has 3 nitrogen and oxygen atoms in total. The van der Waals surface area contributed by atoms with Gasteiger partial charge in [-0.25, -0.2) is 4.99 Å². The number of aryl methyl sites for hydroxylation is 2. The van der Waals surface area contributed by atoms with Crippen molar-refractivity contribution in [3.63, 3.8) is 0 Å². The van der Waals surface area contributed by atoms with Gasteiger partial charge in [0.2, 0.25) is 5.90 Å². The summed E-state index contributed by atoms with van der Waals surface area (Å²) in [6, 6.07) is 25.5. The minimum atomic E-state index is 0.509. The fourth-order valence-corrected chi connectivity index (χ4v) is 2.57. The molecule has 0 radical (unpaired) electrons. The molecule has 0 saturated carbocycles. The monoisotopic (exact) mass is 357 g/mol. The molecule has 3 rings (SSSR count). The molecule has 0 aliphatic carbocycles. The number of nitrogens with zero attached hydrogens (tertiary/aromatic N) is 1. The van der Waals surface area contributed by atoms with E-state index in [1.807, 2.05) is 99.6 Å². The van der Waals surface area contributed by atoms with Crippen molar-refractivity contribution in [2.75, 3.05) is 0 Å². The lowest BCUT2D eigenvalue weighted by Crippen LogP contribution is -2.12. The van der Waals surface area contributed by atoms with E-state index in [0.29, 0.717) is 5.90 Å². The van der Waals surface area contributed by atoms with Crippen LogP contribution in [0.15, 0.2) is 95.7 Å². The van der Waals surface area contributed by atoms with Gasteiger partial charge in [0.1, 0.15) is 11.5 Å². The third kappa shape index (κ3) is 5.08. The summed E-state index contributed by atoms with van der Waals surface area (Å²) >= 11 is 0. The second kappa shape index (κ2) is 8.86. The first-order valence-electron chi connectivity index (χ1n) is 8.90. The van der Waals surface area contributed by atoms with Crippen molar-refractivity contribution in [2.24, 2.45) is 4.99 Å². The SMILES string of the molecule is CC(=C\Oc1ccccc1)/C(=N\c1ccccc1)Oc1c(C)cccc1C. The highest BCUT2D eigenvalue weighted by molar-refractivity contribution is 5.96. The molecule has 0 aromatic heterocycles. The Labute approximate surface area is 160 Å². The quantitative estimate of drug-likeness (QED) is 0.301. The van der Waals surface area contributed by atoms with Crippen LogP contribution in [0.2, 0.25) is 0 Å². The number of hydrogen-bond acceptors (Lipinski definition) is 3. The second-order valence-corrected chi connectivity index (χ2v) is 6.31. The second-order valence-electron chi connectivity index (χ2n) is 6.31. The summed E-state index contributed by atoms with van der Waals surface area (Å²) in [5, 5.41) is 0. The summed E-state index contributed by atoms with van der Waals surface area (Å²) in [7, 11) is 0. The number of aliphatic imine (C=N–C) groups is 1. The van der Waals surface area contributed by atoms with Crippen molar-refractivity contribution in [1.29, 1.82) is 0 Å². The van der Waals surface area contributed by atoms with Crippen LogP contribution in [0.1, 0.15) is 18.1 Å². The number of hydrogen-bond donors (Lipinski definition) is 0. The van der Waals surface area contributed by atoms with E-state index in [9.17, 15) is 0 Å². The lowest BCUT2D eigenvalue weighted by molar-refractivity contribution is 0.473. The van der Waals surface area contributed by atoms with Crippen molar-refractivity contribution in [1.82, 2.24) is 0 Å². The maximum absolute atomic E-state index is 6.23. The summed E-state index contributed by atoms with van der Waals surface area (Å²) in [6.45, 7) is 5.99. The fraction of sp³-hybridized carbons (Fsp3) is 0.125. The summed E-state index contributed by atoms with van der Waals surface area (Å²) < 4.78 is 12.0. The normalized spacial score (nSPS) is 12.0. The summed E-state index contributed by atoms with van der Waals surface area (Å²) in [4.78, 5) is 4.69. The molecule has 0 unspecified atom stereocenters. The molecule has 0 spiro atoms. The molecule has 0 bridgehead atoms. The van der Waals surface area contributed by atoms with Crippen molar-refractivity contribution in [2.45, 2.75) is 20.8 Å². The lowest BCUT2D eigenvalue weighted by atomic mass is 10.1.